The SMILES string of the molecule is CC(C)(C)CCOCC(=O)Nc1ccc(Cl)c(N)c1. The number of halogens is 1. The molecule has 0 heterocycles. The van der Waals surface area contributed by atoms with Gasteiger partial charge >= 0.3 is 0 Å². The molecule has 1 aromatic rings. The second-order valence-electron chi connectivity index (χ2n) is 5.65. The normalized spacial score (nSPS) is 11.4. The molecule has 0 aliphatic carbocycles. The molecule has 0 atom stereocenters. The Morgan fingerprint density at radius 3 is 2.68 bits per heavy atom. The predicted octanol–water partition coefficient (Wildman–Crippen LogP) is 3.31. The minimum Gasteiger partial charge on any atom is -0.397 e. The molecule has 0 aliphatic heterocycles. The zero-order valence-electron chi connectivity index (χ0n) is 11.6. The molecule has 4 nitrogen and oxygen atoms in total. The summed E-state index contributed by atoms with van der Waals surface area (Å²) in [5.41, 5.74) is 6.92. The topological polar surface area (TPSA) is 64.3 Å². The fraction of sp³-hybridized carbons (Fsp3) is 0.500. The summed E-state index contributed by atoms with van der Waals surface area (Å²) < 4.78 is 5.33. The lowest BCUT2D eigenvalue weighted by Gasteiger charge is -2.17. The van der Waals surface area contributed by atoms with Gasteiger partial charge in [0.05, 0.1) is 10.7 Å². The molecule has 5 heteroatoms. The van der Waals surface area contributed by atoms with Crippen molar-refractivity contribution in [2.45, 2.75) is 27.2 Å². The van der Waals surface area contributed by atoms with Gasteiger partial charge < -0.3 is 15.8 Å². The van der Waals surface area contributed by atoms with Gasteiger partial charge in [0.15, 0.2) is 0 Å². The van der Waals surface area contributed by atoms with Gasteiger partial charge in [-0.1, -0.05) is 32.4 Å². The van der Waals surface area contributed by atoms with Crippen LogP contribution in [0, 0.1) is 5.41 Å². The Kier molecular flexibility index (Phi) is 5.63. The second kappa shape index (κ2) is 6.78. The summed E-state index contributed by atoms with van der Waals surface area (Å²) in [5, 5.41) is 3.18. The predicted molar refractivity (Wildman–Crippen MR) is 79.4 cm³/mol. The van der Waals surface area contributed by atoms with E-state index in [1.807, 2.05) is 0 Å². The van der Waals surface area contributed by atoms with Gasteiger partial charge in [-0.15, -0.1) is 0 Å². The van der Waals surface area contributed by atoms with E-state index in [2.05, 4.69) is 26.1 Å². The minimum absolute atomic E-state index is 0.0403. The molecule has 0 saturated heterocycles. The van der Waals surface area contributed by atoms with Crippen molar-refractivity contribution in [3.8, 4) is 0 Å². The Morgan fingerprint density at radius 1 is 1.42 bits per heavy atom. The second-order valence-corrected chi connectivity index (χ2v) is 6.05. The largest absolute Gasteiger partial charge is 0.397 e. The van der Waals surface area contributed by atoms with E-state index in [1.165, 1.54) is 0 Å². The quantitative estimate of drug-likeness (QED) is 0.644. The summed E-state index contributed by atoms with van der Waals surface area (Å²) in [6, 6.07) is 4.97. The standard InChI is InChI=1S/C14H21ClN2O2/c1-14(2,3)6-7-19-9-13(18)17-10-4-5-11(15)12(16)8-10/h4-5,8H,6-7,9,16H2,1-3H3,(H,17,18). The van der Waals surface area contributed by atoms with Crippen LogP contribution in [0.2, 0.25) is 5.02 Å². The highest BCUT2D eigenvalue weighted by molar-refractivity contribution is 6.33. The Balaban J connectivity index is 2.33. The van der Waals surface area contributed by atoms with Crippen LogP contribution in [0.15, 0.2) is 18.2 Å². The van der Waals surface area contributed by atoms with E-state index in [4.69, 9.17) is 22.1 Å². The molecule has 1 aromatic carbocycles. The number of nitrogens with two attached hydrogens (primary N) is 1. The number of benzene rings is 1. The molecule has 0 aliphatic rings. The molecule has 0 bridgehead atoms. The Bertz CT molecular complexity index is 442. The minimum atomic E-state index is -0.198. The fourth-order valence-corrected chi connectivity index (χ4v) is 1.48. The maximum Gasteiger partial charge on any atom is 0.250 e. The molecule has 106 valence electrons. The van der Waals surface area contributed by atoms with Gasteiger partial charge in [0.25, 0.3) is 0 Å². The number of hydrogen-bond acceptors (Lipinski definition) is 3. The number of ether oxygens (including phenoxy) is 1. The van der Waals surface area contributed by atoms with E-state index in [9.17, 15) is 4.79 Å². The van der Waals surface area contributed by atoms with Gasteiger partial charge in [0.2, 0.25) is 5.91 Å². The van der Waals surface area contributed by atoms with E-state index in [-0.39, 0.29) is 17.9 Å². The maximum atomic E-state index is 11.6. The van der Waals surface area contributed by atoms with Crippen molar-refractivity contribution in [3.05, 3.63) is 23.2 Å². The number of carbonyl (C=O) groups excluding carboxylic acids is 1. The zero-order valence-corrected chi connectivity index (χ0v) is 12.4. The first-order valence-corrected chi connectivity index (χ1v) is 6.58. The van der Waals surface area contributed by atoms with Crippen LogP contribution >= 0.6 is 11.6 Å². The van der Waals surface area contributed by atoms with Gasteiger partial charge in [-0.2, -0.15) is 0 Å². The number of hydrogen-bond donors (Lipinski definition) is 2. The number of anilines is 2. The first-order valence-electron chi connectivity index (χ1n) is 6.20. The highest BCUT2D eigenvalue weighted by Gasteiger charge is 2.10. The van der Waals surface area contributed by atoms with Crippen LogP contribution in [-0.4, -0.2) is 19.1 Å². The number of nitrogens with one attached hydrogen (secondary N) is 1. The Labute approximate surface area is 119 Å². The fourth-order valence-electron chi connectivity index (χ4n) is 1.36. The van der Waals surface area contributed by atoms with E-state index < -0.39 is 0 Å². The van der Waals surface area contributed by atoms with Gasteiger partial charge in [-0.3, -0.25) is 4.79 Å². The Morgan fingerprint density at radius 2 is 2.11 bits per heavy atom. The third-order valence-corrected chi connectivity index (χ3v) is 2.85. The lowest BCUT2D eigenvalue weighted by Crippen LogP contribution is -2.20. The van der Waals surface area contributed by atoms with Crippen molar-refractivity contribution in [1.29, 1.82) is 0 Å². The first-order chi connectivity index (χ1) is 8.78. The van der Waals surface area contributed by atoms with Crippen molar-refractivity contribution in [3.63, 3.8) is 0 Å². The lowest BCUT2D eigenvalue weighted by atomic mass is 9.93. The van der Waals surface area contributed by atoms with Crippen LogP contribution in [-0.2, 0) is 9.53 Å². The highest BCUT2D eigenvalue weighted by Crippen LogP contribution is 2.22. The van der Waals surface area contributed by atoms with Crippen LogP contribution in [0.5, 0.6) is 0 Å². The monoisotopic (exact) mass is 284 g/mol. The average Bonchev–Trinajstić information content (AvgIpc) is 2.28. The molecule has 0 saturated carbocycles. The summed E-state index contributed by atoms with van der Waals surface area (Å²) in [4.78, 5) is 11.6. The molecular formula is C14H21ClN2O2. The molecule has 1 rings (SSSR count). The third kappa shape index (κ3) is 6.45. The number of amides is 1. The summed E-state index contributed by atoms with van der Waals surface area (Å²) in [5.74, 6) is -0.198. The van der Waals surface area contributed by atoms with Gasteiger partial charge in [-0.05, 0) is 30.0 Å². The smallest absolute Gasteiger partial charge is 0.250 e. The van der Waals surface area contributed by atoms with Crippen molar-refractivity contribution < 1.29 is 9.53 Å². The van der Waals surface area contributed by atoms with E-state index in [0.29, 0.717) is 23.0 Å². The van der Waals surface area contributed by atoms with Gasteiger partial charge in [0, 0.05) is 12.3 Å². The molecule has 0 fully saturated rings. The van der Waals surface area contributed by atoms with E-state index in [1.54, 1.807) is 18.2 Å². The Hall–Kier alpha value is -1.26. The summed E-state index contributed by atoms with van der Waals surface area (Å²) in [7, 11) is 0. The van der Waals surface area contributed by atoms with Crippen LogP contribution < -0.4 is 11.1 Å². The maximum absolute atomic E-state index is 11.6. The molecule has 19 heavy (non-hydrogen) atoms. The number of carbonyl (C=O) groups is 1. The summed E-state index contributed by atoms with van der Waals surface area (Å²) in [6.07, 6.45) is 0.911. The van der Waals surface area contributed by atoms with Crippen molar-refractivity contribution in [1.82, 2.24) is 0 Å². The molecule has 0 unspecified atom stereocenters. The molecule has 0 aromatic heterocycles. The van der Waals surface area contributed by atoms with Crippen LogP contribution in [0.25, 0.3) is 0 Å². The van der Waals surface area contributed by atoms with Crippen molar-refractivity contribution in [2.24, 2.45) is 5.41 Å². The first kappa shape index (κ1) is 15.8. The average molecular weight is 285 g/mol. The van der Waals surface area contributed by atoms with Gasteiger partial charge in [0.1, 0.15) is 6.61 Å². The summed E-state index contributed by atoms with van der Waals surface area (Å²) >= 11 is 5.80. The van der Waals surface area contributed by atoms with E-state index in [0.717, 1.165) is 6.42 Å². The zero-order chi connectivity index (χ0) is 14.5. The molecular weight excluding hydrogens is 264 g/mol. The lowest BCUT2D eigenvalue weighted by molar-refractivity contribution is -0.120. The van der Waals surface area contributed by atoms with E-state index >= 15 is 0 Å². The number of nitrogen functional groups attached to an aromatic ring is 1. The van der Waals surface area contributed by atoms with Crippen molar-refractivity contribution in [2.75, 3.05) is 24.3 Å². The van der Waals surface area contributed by atoms with Crippen LogP contribution in [0.3, 0.4) is 0 Å². The number of rotatable bonds is 5. The highest BCUT2D eigenvalue weighted by atomic mass is 35.5. The van der Waals surface area contributed by atoms with Crippen LogP contribution in [0.4, 0.5) is 11.4 Å². The molecule has 1 amide bonds. The molecule has 0 radical (unpaired) electrons. The molecule has 3 N–H and O–H groups in total. The summed E-state index contributed by atoms with van der Waals surface area (Å²) in [6.45, 7) is 7.01. The van der Waals surface area contributed by atoms with Crippen molar-refractivity contribution >= 4 is 28.9 Å². The van der Waals surface area contributed by atoms with Gasteiger partial charge in [-0.25, -0.2) is 0 Å². The third-order valence-electron chi connectivity index (χ3n) is 2.51. The molecule has 0 spiro atoms. The van der Waals surface area contributed by atoms with Crippen LogP contribution in [0.1, 0.15) is 27.2 Å².